The standard InChI is InChI=1S/C27H39NO3SSi/c1-19(2)33(20(3)4,21(5)6)30-17-25-27(23-11-9-8-10-12-23)31-26(28-25)18-32(29)24-15-13-22(7)14-16-24/h8-16,19-21,25,27H,17-18H2,1-7H3/t25-,27-,32?/m0/s1. The van der Waals surface area contributed by atoms with Crippen molar-refractivity contribution < 1.29 is 13.4 Å². The Hall–Kier alpha value is -1.76. The normalized spacial score (nSPS) is 19.8. The number of hydrogen-bond acceptors (Lipinski definition) is 4. The van der Waals surface area contributed by atoms with Crippen molar-refractivity contribution in [3.8, 4) is 0 Å². The van der Waals surface area contributed by atoms with Crippen molar-refractivity contribution in [2.24, 2.45) is 4.99 Å². The number of nitrogens with zero attached hydrogens (tertiary/aromatic N) is 1. The molecule has 0 aliphatic carbocycles. The molecule has 3 atom stereocenters. The maximum atomic E-state index is 13.0. The Morgan fingerprint density at radius 2 is 1.52 bits per heavy atom. The predicted molar refractivity (Wildman–Crippen MR) is 141 cm³/mol. The first-order valence-corrected chi connectivity index (χ1v) is 15.5. The molecule has 33 heavy (non-hydrogen) atoms. The lowest BCUT2D eigenvalue weighted by atomic mass is 10.0. The van der Waals surface area contributed by atoms with E-state index in [1.807, 2.05) is 49.4 Å². The Kier molecular flexibility index (Phi) is 8.70. The molecule has 2 aromatic rings. The van der Waals surface area contributed by atoms with Gasteiger partial charge in [-0.1, -0.05) is 89.6 Å². The summed E-state index contributed by atoms with van der Waals surface area (Å²) in [5.41, 5.74) is 3.75. The van der Waals surface area contributed by atoms with Crippen LogP contribution in [-0.2, 0) is 20.0 Å². The van der Waals surface area contributed by atoms with Gasteiger partial charge in [0.25, 0.3) is 0 Å². The van der Waals surface area contributed by atoms with Gasteiger partial charge in [0.05, 0.1) is 17.4 Å². The van der Waals surface area contributed by atoms with Gasteiger partial charge in [0.1, 0.15) is 17.9 Å². The monoisotopic (exact) mass is 485 g/mol. The largest absolute Gasteiger partial charge is 0.470 e. The lowest BCUT2D eigenvalue weighted by Crippen LogP contribution is -2.49. The van der Waals surface area contributed by atoms with Gasteiger partial charge < -0.3 is 9.16 Å². The fourth-order valence-corrected chi connectivity index (χ4v) is 11.7. The Bertz CT molecular complexity index is 935. The molecule has 1 aliphatic heterocycles. The minimum Gasteiger partial charge on any atom is -0.470 e. The van der Waals surface area contributed by atoms with Gasteiger partial charge in [0.15, 0.2) is 14.2 Å². The minimum atomic E-state index is -2.02. The summed E-state index contributed by atoms with van der Waals surface area (Å²) in [5, 5.41) is 0. The highest BCUT2D eigenvalue weighted by molar-refractivity contribution is 7.85. The molecular formula is C27H39NO3SSi. The third kappa shape index (κ3) is 5.84. The van der Waals surface area contributed by atoms with Crippen LogP contribution in [0.4, 0.5) is 0 Å². The van der Waals surface area contributed by atoms with E-state index in [0.29, 0.717) is 29.1 Å². The average Bonchev–Trinajstić information content (AvgIpc) is 3.17. The molecule has 6 heteroatoms. The lowest BCUT2D eigenvalue weighted by Gasteiger charge is -2.42. The van der Waals surface area contributed by atoms with Gasteiger partial charge in [-0.15, -0.1) is 0 Å². The summed E-state index contributed by atoms with van der Waals surface area (Å²) < 4.78 is 26.2. The molecule has 0 radical (unpaired) electrons. The van der Waals surface area contributed by atoms with Gasteiger partial charge in [-0.3, -0.25) is 4.21 Å². The summed E-state index contributed by atoms with van der Waals surface area (Å²) in [6, 6.07) is 17.9. The SMILES string of the molecule is Cc1ccc(S(=O)CC2=N[C@@H](CO[Si](C(C)C)(C(C)C)C(C)C)[C@H](c3ccccc3)O2)cc1. The fraction of sp³-hybridized carbons (Fsp3) is 0.519. The van der Waals surface area contributed by atoms with Crippen LogP contribution >= 0.6 is 0 Å². The molecule has 4 nitrogen and oxygen atoms in total. The van der Waals surface area contributed by atoms with E-state index in [1.165, 1.54) is 0 Å². The van der Waals surface area contributed by atoms with E-state index in [1.54, 1.807) is 0 Å². The summed E-state index contributed by atoms with van der Waals surface area (Å²) >= 11 is 0. The van der Waals surface area contributed by atoms with Crippen LogP contribution in [0, 0.1) is 6.92 Å². The second-order valence-electron chi connectivity index (χ2n) is 9.97. The second-order valence-corrected chi connectivity index (χ2v) is 16.9. The van der Waals surface area contributed by atoms with Crippen molar-refractivity contribution in [1.82, 2.24) is 0 Å². The van der Waals surface area contributed by atoms with Crippen LogP contribution in [0.5, 0.6) is 0 Å². The molecule has 180 valence electrons. The summed E-state index contributed by atoms with van der Waals surface area (Å²) in [4.78, 5) is 5.71. The first-order valence-electron chi connectivity index (χ1n) is 12.0. The van der Waals surface area contributed by atoms with Crippen molar-refractivity contribution in [3.05, 3.63) is 65.7 Å². The van der Waals surface area contributed by atoms with E-state index in [4.69, 9.17) is 14.2 Å². The smallest absolute Gasteiger partial charge is 0.200 e. The van der Waals surface area contributed by atoms with Crippen LogP contribution in [0.2, 0.25) is 16.6 Å². The molecule has 1 unspecified atom stereocenters. The summed E-state index contributed by atoms with van der Waals surface area (Å²) in [5.74, 6) is 0.839. The zero-order chi connectivity index (χ0) is 24.2. The summed E-state index contributed by atoms with van der Waals surface area (Å²) in [7, 11) is -3.22. The number of hydrogen-bond donors (Lipinski definition) is 0. The maximum absolute atomic E-state index is 13.0. The van der Waals surface area contributed by atoms with E-state index in [0.717, 1.165) is 16.0 Å². The zero-order valence-electron chi connectivity index (χ0n) is 21.1. The molecule has 0 saturated heterocycles. The number of benzene rings is 2. The topological polar surface area (TPSA) is 47.9 Å². The Balaban J connectivity index is 1.83. The van der Waals surface area contributed by atoms with Crippen LogP contribution in [0.15, 0.2) is 64.5 Å². The van der Waals surface area contributed by atoms with Crippen LogP contribution in [-0.4, -0.2) is 36.8 Å². The highest BCUT2D eigenvalue weighted by Crippen LogP contribution is 2.43. The quantitative estimate of drug-likeness (QED) is 0.346. The molecule has 1 heterocycles. The average molecular weight is 486 g/mol. The number of rotatable bonds is 10. The van der Waals surface area contributed by atoms with Crippen molar-refractivity contribution in [2.45, 2.75) is 82.1 Å². The van der Waals surface area contributed by atoms with Crippen LogP contribution < -0.4 is 0 Å². The molecule has 0 spiro atoms. The highest BCUT2D eigenvalue weighted by atomic mass is 32.2. The van der Waals surface area contributed by atoms with Crippen molar-refractivity contribution in [2.75, 3.05) is 12.4 Å². The van der Waals surface area contributed by atoms with Gasteiger partial charge >= 0.3 is 0 Å². The lowest BCUT2D eigenvalue weighted by molar-refractivity contribution is 0.151. The fourth-order valence-electron chi connectivity index (χ4n) is 5.25. The molecule has 0 bridgehead atoms. The molecule has 2 aromatic carbocycles. The van der Waals surface area contributed by atoms with Crippen LogP contribution in [0.25, 0.3) is 0 Å². The molecule has 0 saturated carbocycles. The highest BCUT2D eigenvalue weighted by Gasteiger charge is 2.46. The first kappa shape index (κ1) is 25.9. The molecule has 0 fully saturated rings. The van der Waals surface area contributed by atoms with Gasteiger partial charge in [-0.25, -0.2) is 4.99 Å². The van der Waals surface area contributed by atoms with E-state index >= 15 is 0 Å². The van der Waals surface area contributed by atoms with Crippen LogP contribution in [0.1, 0.15) is 58.8 Å². The number of aryl methyl sites for hydroxylation is 1. The number of ether oxygens (including phenoxy) is 1. The Morgan fingerprint density at radius 3 is 2.06 bits per heavy atom. The third-order valence-electron chi connectivity index (χ3n) is 6.80. The second kappa shape index (κ2) is 11.1. The van der Waals surface area contributed by atoms with Gasteiger partial charge in [-0.05, 0) is 41.2 Å². The van der Waals surface area contributed by atoms with E-state index in [9.17, 15) is 4.21 Å². The Morgan fingerprint density at radius 1 is 0.939 bits per heavy atom. The van der Waals surface area contributed by atoms with E-state index in [-0.39, 0.29) is 17.9 Å². The number of aliphatic imine (C=N–C) groups is 1. The van der Waals surface area contributed by atoms with Gasteiger partial charge in [-0.2, -0.15) is 0 Å². The Labute approximate surface area is 203 Å². The first-order chi connectivity index (χ1) is 15.6. The van der Waals surface area contributed by atoms with Crippen LogP contribution in [0.3, 0.4) is 0 Å². The third-order valence-corrected chi connectivity index (χ3v) is 14.2. The summed E-state index contributed by atoms with van der Waals surface area (Å²) in [6.07, 6.45) is -0.214. The molecule has 0 amide bonds. The van der Waals surface area contributed by atoms with Gasteiger partial charge in [0.2, 0.25) is 0 Å². The van der Waals surface area contributed by atoms with Gasteiger partial charge in [0, 0.05) is 4.90 Å². The molecule has 0 aromatic heterocycles. The molecular weight excluding hydrogens is 446 g/mol. The van der Waals surface area contributed by atoms with E-state index in [2.05, 4.69) is 53.7 Å². The maximum Gasteiger partial charge on any atom is 0.200 e. The zero-order valence-corrected chi connectivity index (χ0v) is 22.9. The van der Waals surface area contributed by atoms with E-state index < -0.39 is 19.1 Å². The minimum absolute atomic E-state index is 0.138. The van der Waals surface area contributed by atoms with Crippen molar-refractivity contribution >= 4 is 25.0 Å². The molecule has 3 rings (SSSR count). The van der Waals surface area contributed by atoms with Crippen molar-refractivity contribution in [1.29, 1.82) is 0 Å². The summed E-state index contributed by atoms with van der Waals surface area (Å²) in [6.45, 7) is 16.3. The predicted octanol–water partition coefficient (Wildman–Crippen LogP) is 6.83. The van der Waals surface area contributed by atoms with Crippen molar-refractivity contribution in [3.63, 3.8) is 0 Å². The molecule has 0 N–H and O–H groups in total. The molecule has 1 aliphatic rings.